The topological polar surface area (TPSA) is 23.1 Å². The van der Waals surface area contributed by atoms with Crippen molar-refractivity contribution in [3.05, 3.63) is 0 Å². The number of rotatable bonds is 0. The predicted molar refractivity (Wildman–Crippen MR) is 11.5 cm³/mol. The molecule has 0 aromatic heterocycles. The van der Waals surface area contributed by atoms with Crippen molar-refractivity contribution in [2.24, 2.45) is 0 Å². The minimum Gasteiger partial charge on any atom is -0.866 e. The van der Waals surface area contributed by atoms with E-state index in [1.165, 1.54) is 0 Å². The third-order valence-electron chi connectivity index (χ3n) is 0. The molecule has 0 amide bonds. The summed E-state index contributed by atoms with van der Waals surface area (Å²) in [5.41, 5.74) is 0. The van der Waals surface area contributed by atoms with Crippen molar-refractivity contribution in [1.82, 2.24) is 0 Å². The maximum Gasteiger partial charge on any atom is 2.00 e. The molecule has 11 valence electrons. The first-order valence-electron chi connectivity index (χ1n) is 0.204. The maximum atomic E-state index is 8.06. The van der Waals surface area contributed by atoms with E-state index in [0.717, 1.165) is 0 Å². The van der Waals surface area contributed by atoms with Crippen LogP contribution in [0.2, 0.25) is 0 Å². The van der Waals surface area contributed by atoms with E-state index in [4.69, 9.17) is 4.80 Å². The Labute approximate surface area is 81.0 Å². The second-order valence-electron chi connectivity index (χ2n) is 0. The smallest absolute Gasteiger partial charge is 0.866 e. The summed E-state index contributed by atoms with van der Waals surface area (Å²) in [7, 11) is 1.72. The third-order valence-corrected chi connectivity index (χ3v) is 0. The monoisotopic (exact) mass is 107 g/mol. The zero-order valence-electron chi connectivity index (χ0n) is 2.62. The minimum absolute atomic E-state index is 0. The van der Waals surface area contributed by atoms with E-state index in [0.29, 0.717) is 0 Å². The van der Waals surface area contributed by atoms with E-state index in [1.807, 2.05) is 0 Å². The Morgan fingerprint density at radius 3 is 1.25 bits per heavy atom. The van der Waals surface area contributed by atoms with Gasteiger partial charge < -0.3 is 4.80 Å². The second kappa shape index (κ2) is 18.0. The molecule has 0 aliphatic rings. The molecule has 0 aromatic carbocycles. The molecule has 0 saturated heterocycles. The molecule has 0 fully saturated rings. The van der Waals surface area contributed by atoms with Gasteiger partial charge in [0.1, 0.15) is 0 Å². The summed E-state index contributed by atoms with van der Waals surface area (Å²) >= 11 is 0. The van der Waals surface area contributed by atoms with Crippen LogP contribution in [0.3, 0.4) is 0 Å². The van der Waals surface area contributed by atoms with Crippen molar-refractivity contribution in [3.63, 3.8) is 0 Å². The van der Waals surface area contributed by atoms with Crippen LogP contribution >= 0.6 is 0 Å². The fourth-order valence-corrected chi connectivity index (χ4v) is 0. The second-order valence-corrected chi connectivity index (χ2v) is 0. The average molecular weight is 107 g/mol. The van der Waals surface area contributed by atoms with E-state index in [9.17, 15) is 0 Å². The summed E-state index contributed by atoms with van der Waals surface area (Å²) in [6, 6.07) is 0. The van der Waals surface area contributed by atoms with Crippen LogP contribution in [0.15, 0.2) is 0 Å². The normalized spacial score (nSPS) is 1.50. The molecule has 0 saturated carbocycles. The summed E-state index contributed by atoms with van der Waals surface area (Å²) in [5, 5.41) is 0. The first kappa shape index (κ1) is 16.1. The SMILES string of the molecule is [Ca+2].[Na+].[O-][Si]. The largest absolute Gasteiger partial charge is 2.00 e. The molecule has 3 radical (unpaired) electrons. The van der Waals surface area contributed by atoms with E-state index in [1.54, 1.807) is 10.5 Å². The average Bonchev–Trinajstić information content (AvgIpc) is 1.00. The van der Waals surface area contributed by atoms with Crippen LogP contribution in [0.5, 0.6) is 0 Å². The van der Waals surface area contributed by atoms with E-state index < -0.39 is 0 Å². The molecule has 4 heteroatoms. The molecule has 1 nitrogen and oxygen atoms in total. The van der Waals surface area contributed by atoms with Crippen molar-refractivity contribution in [2.75, 3.05) is 0 Å². The molecule has 0 heterocycles. The van der Waals surface area contributed by atoms with Gasteiger partial charge >= 0.3 is 67.3 Å². The van der Waals surface area contributed by atoms with Crippen LogP contribution in [0.4, 0.5) is 0 Å². The molecule has 0 unspecified atom stereocenters. The Balaban J connectivity index is -0.00000000500. The van der Waals surface area contributed by atoms with Crippen LogP contribution in [-0.4, -0.2) is 48.2 Å². The summed E-state index contributed by atoms with van der Waals surface area (Å²) in [6.07, 6.45) is 0. The summed E-state index contributed by atoms with van der Waals surface area (Å²) in [6.45, 7) is 0. The molecule has 0 atom stereocenters. The molecule has 4 heavy (non-hydrogen) atoms. The maximum absolute atomic E-state index is 8.06. The molecular formula is CaNaOSi+2. The molecule has 0 N–H and O–H groups in total. The fraction of sp³-hybridized carbons (Fsp3) is 0. The first-order valence-corrected chi connectivity index (χ1v) is 0.612. The van der Waals surface area contributed by atoms with Crippen LogP contribution in [-0.2, 0) is 0 Å². The quantitative estimate of drug-likeness (QED) is 0.284. The Morgan fingerprint density at radius 1 is 1.25 bits per heavy atom. The number of hydrogen-bond donors (Lipinski definition) is 0. The summed E-state index contributed by atoms with van der Waals surface area (Å²) < 4.78 is 0. The van der Waals surface area contributed by atoms with Gasteiger partial charge in [-0.1, -0.05) is 0 Å². The van der Waals surface area contributed by atoms with Crippen molar-refractivity contribution in [1.29, 1.82) is 0 Å². The predicted octanol–water partition coefficient (Wildman–Crippen LogP) is -4.95. The van der Waals surface area contributed by atoms with Gasteiger partial charge in [-0.2, -0.15) is 0 Å². The molecule has 0 rings (SSSR count). The molecule has 0 aliphatic carbocycles. The minimum atomic E-state index is 0. The van der Waals surface area contributed by atoms with Crippen LogP contribution < -0.4 is 34.4 Å². The van der Waals surface area contributed by atoms with Crippen LogP contribution in [0, 0.1) is 0 Å². The van der Waals surface area contributed by atoms with Crippen LogP contribution in [0.1, 0.15) is 0 Å². The van der Waals surface area contributed by atoms with E-state index in [2.05, 4.69) is 0 Å². The Bertz CT molecular complexity index is 8.00. The van der Waals surface area contributed by atoms with Crippen molar-refractivity contribution < 1.29 is 34.4 Å². The molecule has 0 aromatic rings. The Kier molecular flexibility index (Phi) is 72.6. The van der Waals surface area contributed by atoms with Gasteiger partial charge in [-0.15, -0.1) is 10.5 Å². The molecule has 0 bridgehead atoms. The zero-order chi connectivity index (χ0) is 2.00. The van der Waals surface area contributed by atoms with Crippen LogP contribution in [0.25, 0.3) is 0 Å². The van der Waals surface area contributed by atoms with Gasteiger partial charge in [0, 0.05) is 0 Å². The third kappa shape index (κ3) is 8.83. The fourth-order valence-electron chi connectivity index (χ4n) is 0. The Hall–Kier alpha value is 2.44. The summed E-state index contributed by atoms with van der Waals surface area (Å²) in [4.78, 5) is 8.06. The molecular weight excluding hydrogens is 107 g/mol. The molecule has 0 spiro atoms. The van der Waals surface area contributed by atoms with Crippen molar-refractivity contribution in [2.45, 2.75) is 0 Å². The van der Waals surface area contributed by atoms with E-state index in [-0.39, 0.29) is 67.3 Å². The van der Waals surface area contributed by atoms with Crippen molar-refractivity contribution in [3.8, 4) is 0 Å². The standard InChI is InChI=1S/Ca.Na.OSi/c;;1-2/q+2;+1;-1. The van der Waals surface area contributed by atoms with Gasteiger partial charge in [-0.3, -0.25) is 0 Å². The van der Waals surface area contributed by atoms with Gasteiger partial charge in [0.2, 0.25) is 0 Å². The summed E-state index contributed by atoms with van der Waals surface area (Å²) in [5.74, 6) is 0. The van der Waals surface area contributed by atoms with Gasteiger partial charge in [0.25, 0.3) is 0 Å². The number of hydrogen-bond acceptors (Lipinski definition) is 1. The zero-order valence-corrected chi connectivity index (χ0v) is 7.82. The van der Waals surface area contributed by atoms with Gasteiger partial charge in [0.05, 0.1) is 0 Å². The molecule has 0 aliphatic heterocycles. The van der Waals surface area contributed by atoms with Gasteiger partial charge in [-0.25, -0.2) is 0 Å². The van der Waals surface area contributed by atoms with Gasteiger partial charge in [-0.05, 0) is 0 Å². The van der Waals surface area contributed by atoms with E-state index >= 15 is 0 Å². The van der Waals surface area contributed by atoms with Gasteiger partial charge in [0.15, 0.2) is 0 Å². The Morgan fingerprint density at radius 2 is 1.25 bits per heavy atom. The first-order chi connectivity index (χ1) is 1.00. The van der Waals surface area contributed by atoms with Crippen molar-refractivity contribution >= 4 is 48.2 Å².